The molecular formula is C18H15BrN2O3. The Labute approximate surface area is 148 Å². The van der Waals surface area contributed by atoms with Crippen LogP contribution < -0.4 is 14.8 Å². The minimum Gasteiger partial charge on any atom is -0.493 e. The lowest BCUT2D eigenvalue weighted by atomic mass is 10.1. The number of anilines is 1. The molecule has 6 heteroatoms. The molecule has 0 unspecified atom stereocenters. The molecule has 2 aromatic carbocycles. The second-order valence-corrected chi connectivity index (χ2v) is 5.63. The van der Waals surface area contributed by atoms with Gasteiger partial charge in [0.1, 0.15) is 11.6 Å². The molecule has 0 saturated heterocycles. The van der Waals surface area contributed by atoms with Crippen molar-refractivity contribution >= 4 is 33.6 Å². The Morgan fingerprint density at radius 2 is 1.88 bits per heavy atom. The number of nitrogens with zero attached hydrogens (tertiary/aromatic N) is 1. The van der Waals surface area contributed by atoms with E-state index >= 15 is 0 Å². The summed E-state index contributed by atoms with van der Waals surface area (Å²) in [6, 6.07) is 14.2. The lowest BCUT2D eigenvalue weighted by Crippen LogP contribution is -2.13. The Kier molecular flexibility index (Phi) is 5.99. The first kappa shape index (κ1) is 17.6. The van der Waals surface area contributed by atoms with Crippen molar-refractivity contribution in [2.45, 2.75) is 0 Å². The Hall–Kier alpha value is -2.78. The molecule has 0 spiro atoms. The van der Waals surface area contributed by atoms with Gasteiger partial charge < -0.3 is 14.8 Å². The lowest BCUT2D eigenvalue weighted by Gasteiger charge is -2.10. The Bertz CT molecular complexity index is 808. The van der Waals surface area contributed by atoms with Crippen LogP contribution in [0.5, 0.6) is 11.5 Å². The number of benzene rings is 2. The standard InChI is InChI=1S/C18H15BrN2O3/c1-23-16-5-3-4-12(17(16)24-2)10-13(11-20)18(22)21-15-8-6-14(19)7-9-15/h3-10H,1-2H3,(H,21,22)/b13-10-. The van der Waals surface area contributed by atoms with Gasteiger partial charge >= 0.3 is 0 Å². The van der Waals surface area contributed by atoms with Crippen LogP contribution in [0.15, 0.2) is 52.5 Å². The van der Waals surface area contributed by atoms with E-state index in [0.29, 0.717) is 22.7 Å². The summed E-state index contributed by atoms with van der Waals surface area (Å²) in [4.78, 5) is 12.3. The van der Waals surface area contributed by atoms with Gasteiger partial charge in [0.15, 0.2) is 11.5 Å². The zero-order valence-electron chi connectivity index (χ0n) is 13.2. The van der Waals surface area contributed by atoms with E-state index in [4.69, 9.17) is 9.47 Å². The van der Waals surface area contributed by atoms with Crippen LogP contribution in [-0.2, 0) is 4.79 Å². The summed E-state index contributed by atoms with van der Waals surface area (Å²) in [6.45, 7) is 0. The summed E-state index contributed by atoms with van der Waals surface area (Å²) in [5, 5.41) is 12.0. The minimum absolute atomic E-state index is 0.0375. The topological polar surface area (TPSA) is 71.3 Å². The third-order valence-electron chi connectivity index (χ3n) is 3.20. The first-order valence-electron chi connectivity index (χ1n) is 6.98. The number of carbonyl (C=O) groups is 1. The highest BCUT2D eigenvalue weighted by Crippen LogP contribution is 2.32. The number of carbonyl (C=O) groups excluding carboxylic acids is 1. The highest BCUT2D eigenvalue weighted by atomic mass is 79.9. The summed E-state index contributed by atoms with van der Waals surface area (Å²) in [7, 11) is 3.03. The SMILES string of the molecule is COc1cccc(/C=C(/C#N)C(=O)Nc2ccc(Br)cc2)c1OC. The molecule has 0 fully saturated rings. The summed E-state index contributed by atoms with van der Waals surface area (Å²) in [5.41, 5.74) is 1.14. The van der Waals surface area contributed by atoms with Crippen LogP contribution in [0.1, 0.15) is 5.56 Å². The van der Waals surface area contributed by atoms with Gasteiger partial charge in [-0.3, -0.25) is 4.79 Å². The normalized spacial score (nSPS) is 10.7. The molecule has 2 aromatic rings. The monoisotopic (exact) mass is 386 g/mol. The molecule has 0 aliphatic heterocycles. The van der Waals surface area contributed by atoms with Crippen molar-refractivity contribution in [3.63, 3.8) is 0 Å². The second kappa shape index (κ2) is 8.18. The van der Waals surface area contributed by atoms with E-state index in [1.54, 1.807) is 42.5 Å². The fraction of sp³-hybridized carbons (Fsp3) is 0.111. The van der Waals surface area contributed by atoms with Crippen LogP contribution in [0.3, 0.4) is 0 Å². The number of halogens is 1. The number of nitrogens with one attached hydrogen (secondary N) is 1. The average Bonchev–Trinajstić information content (AvgIpc) is 2.60. The van der Waals surface area contributed by atoms with E-state index in [2.05, 4.69) is 21.2 Å². The lowest BCUT2D eigenvalue weighted by molar-refractivity contribution is -0.112. The van der Waals surface area contributed by atoms with Crippen LogP contribution in [0.25, 0.3) is 6.08 Å². The number of hydrogen-bond donors (Lipinski definition) is 1. The first-order chi connectivity index (χ1) is 11.6. The molecule has 2 rings (SSSR count). The van der Waals surface area contributed by atoms with Gasteiger partial charge in [-0.25, -0.2) is 0 Å². The van der Waals surface area contributed by atoms with Crippen molar-refractivity contribution < 1.29 is 14.3 Å². The molecule has 122 valence electrons. The number of methoxy groups -OCH3 is 2. The van der Waals surface area contributed by atoms with Crippen LogP contribution in [-0.4, -0.2) is 20.1 Å². The fourth-order valence-corrected chi connectivity index (χ4v) is 2.33. The van der Waals surface area contributed by atoms with Crippen molar-refractivity contribution in [3.8, 4) is 17.6 Å². The van der Waals surface area contributed by atoms with E-state index in [0.717, 1.165) is 4.47 Å². The molecule has 0 heterocycles. The highest BCUT2D eigenvalue weighted by Gasteiger charge is 2.13. The predicted molar refractivity (Wildman–Crippen MR) is 95.9 cm³/mol. The van der Waals surface area contributed by atoms with Gasteiger partial charge in [0.2, 0.25) is 0 Å². The van der Waals surface area contributed by atoms with Crippen molar-refractivity contribution in [3.05, 3.63) is 58.1 Å². The molecule has 0 atom stereocenters. The van der Waals surface area contributed by atoms with E-state index in [1.165, 1.54) is 20.3 Å². The molecular weight excluding hydrogens is 372 g/mol. The average molecular weight is 387 g/mol. The number of amides is 1. The largest absolute Gasteiger partial charge is 0.493 e. The molecule has 0 bridgehead atoms. The van der Waals surface area contributed by atoms with Gasteiger partial charge in [0.25, 0.3) is 5.91 Å². The van der Waals surface area contributed by atoms with Gasteiger partial charge in [0, 0.05) is 15.7 Å². The van der Waals surface area contributed by atoms with Gasteiger partial charge in [-0.2, -0.15) is 5.26 Å². The molecule has 0 aromatic heterocycles. The first-order valence-corrected chi connectivity index (χ1v) is 7.78. The maximum atomic E-state index is 12.3. The number of nitriles is 1. The number of para-hydroxylation sites is 1. The van der Waals surface area contributed by atoms with Crippen LogP contribution in [0.4, 0.5) is 5.69 Å². The minimum atomic E-state index is -0.496. The molecule has 0 aliphatic carbocycles. The fourth-order valence-electron chi connectivity index (χ4n) is 2.06. The molecule has 0 aliphatic rings. The maximum absolute atomic E-state index is 12.3. The summed E-state index contributed by atoms with van der Waals surface area (Å²) in [5.74, 6) is 0.491. The van der Waals surface area contributed by atoms with Crippen molar-refractivity contribution in [2.75, 3.05) is 19.5 Å². The van der Waals surface area contributed by atoms with E-state index in [9.17, 15) is 10.1 Å². The third-order valence-corrected chi connectivity index (χ3v) is 3.73. The Morgan fingerprint density at radius 3 is 2.46 bits per heavy atom. The molecule has 0 saturated carbocycles. The van der Waals surface area contributed by atoms with E-state index in [-0.39, 0.29) is 5.57 Å². The van der Waals surface area contributed by atoms with E-state index < -0.39 is 5.91 Å². The Balaban J connectivity index is 2.31. The quantitative estimate of drug-likeness (QED) is 0.622. The van der Waals surface area contributed by atoms with Crippen LogP contribution >= 0.6 is 15.9 Å². The number of hydrogen-bond acceptors (Lipinski definition) is 4. The zero-order chi connectivity index (χ0) is 17.5. The van der Waals surface area contributed by atoms with Crippen LogP contribution in [0, 0.1) is 11.3 Å². The Morgan fingerprint density at radius 1 is 1.17 bits per heavy atom. The van der Waals surface area contributed by atoms with Gasteiger partial charge in [-0.15, -0.1) is 0 Å². The highest BCUT2D eigenvalue weighted by molar-refractivity contribution is 9.10. The van der Waals surface area contributed by atoms with Crippen molar-refractivity contribution in [1.29, 1.82) is 5.26 Å². The maximum Gasteiger partial charge on any atom is 0.266 e. The van der Waals surface area contributed by atoms with Gasteiger partial charge in [0.05, 0.1) is 14.2 Å². The number of ether oxygens (including phenoxy) is 2. The van der Waals surface area contributed by atoms with Crippen molar-refractivity contribution in [1.82, 2.24) is 0 Å². The second-order valence-electron chi connectivity index (χ2n) is 4.71. The smallest absolute Gasteiger partial charge is 0.266 e. The molecule has 0 radical (unpaired) electrons. The predicted octanol–water partition coefficient (Wildman–Crippen LogP) is 4.01. The van der Waals surface area contributed by atoms with Gasteiger partial charge in [-0.05, 0) is 36.4 Å². The van der Waals surface area contributed by atoms with Crippen molar-refractivity contribution in [2.24, 2.45) is 0 Å². The van der Waals surface area contributed by atoms with Gasteiger partial charge in [-0.1, -0.05) is 28.1 Å². The summed E-state index contributed by atoms with van der Waals surface area (Å²) in [6.07, 6.45) is 1.47. The molecule has 1 N–H and O–H groups in total. The molecule has 24 heavy (non-hydrogen) atoms. The summed E-state index contributed by atoms with van der Waals surface area (Å²) < 4.78 is 11.4. The van der Waals surface area contributed by atoms with E-state index in [1.807, 2.05) is 6.07 Å². The van der Waals surface area contributed by atoms with Crippen LogP contribution in [0.2, 0.25) is 0 Å². The molecule has 5 nitrogen and oxygen atoms in total. The molecule has 1 amide bonds. The number of rotatable bonds is 5. The third kappa shape index (κ3) is 4.15. The zero-order valence-corrected chi connectivity index (χ0v) is 14.8. The summed E-state index contributed by atoms with van der Waals surface area (Å²) >= 11 is 3.33.